The van der Waals surface area contributed by atoms with Gasteiger partial charge in [0.1, 0.15) is 0 Å². The molecule has 0 radical (unpaired) electrons. The molecule has 2 aliphatic heterocycles. The summed E-state index contributed by atoms with van der Waals surface area (Å²) in [6, 6.07) is 6.07. The Bertz CT molecular complexity index is 721. The van der Waals surface area contributed by atoms with Crippen molar-refractivity contribution in [3.63, 3.8) is 0 Å². The average Bonchev–Trinajstić information content (AvgIpc) is 2.71. The monoisotopic (exact) mass is 554 g/mol. The number of hydrogen-bond donors (Lipinski definition) is 1. The molecule has 0 aromatic heterocycles. The zero-order valence-corrected chi connectivity index (χ0v) is 20.9. The van der Waals surface area contributed by atoms with Crippen molar-refractivity contribution in [1.82, 2.24) is 24.9 Å². The molecular weight excluding hydrogens is 520 g/mol. The van der Waals surface area contributed by atoms with Gasteiger partial charge in [-0.2, -0.15) is 13.2 Å². The van der Waals surface area contributed by atoms with Crippen molar-refractivity contribution >= 4 is 29.9 Å². The highest BCUT2D eigenvalue weighted by Gasteiger charge is 2.30. The van der Waals surface area contributed by atoms with E-state index < -0.39 is 11.7 Å². The highest BCUT2D eigenvalue weighted by atomic mass is 127. The normalized spacial score (nSPS) is 22.3. The molecule has 2 aliphatic rings. The summed E-state index contributed by atoms with van der Waals surface area (Å²) in [6.45, 7) is 7.77. The van der Waals surface area contributed by atoms with Gasteiger partial charge in [-0.15, -0.1) is 24.0 Å². The lowest BCUT2D eigenvalue weighted by Gasteiger charge is -2.40. The number of alkyl halides is 3. The fourth-order valence-electron chi connectivity index (χ4n) is 4.09. The van der Waals surface area contributed by atoms with Crippen molar-refractivity contribution in [2.75, 3.05) is 73.5 Å². The van der Waals surface area contributed by atoms with E-state index in [1.165, 1.54) is 12.1 Å². The van der Waals surface area contributed by atoms with Crippen LogP contribution in [0.25, 0.3) is 0 Å². The number of nitrogens with one attached hydrogen (secondary N) is 1. The SMILES string of the molecule is CN=C(NCC1CN(C)CCN1C)N1CCN(Cc2cccc(C(F)(F)F)c2)CC1.I. The highest BCUT2D eigenvalue weighted by Crippen LogP contribution is 2.29. The molecule has 1 atom stereocenters. The van der Waals surface area contributed by atoms with Gasteiger partial charge >= 0.3 is 6.18 Å². The minimum atomic E-state index is -4.30. The molecule has 6 nitrogen and oxygen atoms in total. The Labute approximate surface area is 200 Å². The van der Waals surface area contributed by atoms with E-state index in [0.717, 1.165) is 64.4 Å². The first-order valence-corrected chi connectivity index (χ1v) is 10.5. The largest absolute Gasteiger partial charge is 0.416 e. The molecule has 2 saturated heterocycles. The van der Waals surface area contributed by atoms with Crippen LogP contribution in [-0.4, -0.2) is 105 Å². The summed E-state index contributed by atoms with van der Waals surface area (Å²) >= 11 is 0. The Balaban J connectivity index is 0.00000341. The number of halogens is 4. The summed E-state index contributed by atoms with van der Waals surface area (Å²) in [4.78, 5) is 13.6. The lowest BCUT2D eigenvalue weighted by molar-refractivity contribution is -0.137. The van der Waals surface area contributed by atoms with Crippen molar-refractivity contribution in [1.29, 1.82) is 0 Å². The molecule has 1 unspecified atom stereocenters. The molecule has 31 heavy (non-hydrogen) atoms. The van der Waals surface area contributed by atoms with E-state index in [0.29, 0.717) is 18.2 Å². The van der Waals surface area contributed by atoms with Gasteiger partial charge in [-0.3, -0.25) is 14.8 Å². The van der Waals surface area contributed by atoms with Gasteiger partial charge in [0.05, 0.1) is 5.56 Å². The minimum Gasteiger partial charge on any atom is -0.355 e. The molecule has 3 rings (SSSR count). The molecule has 10 heteroatoms. The number of benzene rings is 1. The van der Waals surface area contributed by atoms with Crippen LogP contribution in [0.15, 0.2) is 29.3 Å². The number of hydrogen-bond acceptors (Lipinski definition) is 4. The predicted octanol–water partition coefficient (Wildman–Crippen LogP) is 2.26. The van der Waals surface area contributed by atoms with Crippen molar-refractivity contribution in [3.05, 3.63) is 35.4 Å². The third kappa shape index (κ3) is 7.47. The fourth-order valence-corrected chi connectivity index (χ4v) is 4.09. The second kappa shape index (κ2) is 11.7. The Hall–Kier alpha value is -1.11. The van der Waals surface area contributed by atoms with Crippen LogP contribution >= 0.6 is 24.0 Å². The Morgan fingerprint density at radius 2 is 1.81 bits per heavy atom. The first-order valence-electron chi connectivity index (χ1n) is 10.5. The number of piperazine rings is 2. The van der Waals surface area contributed by atoms with Crippen molar-refractivity contribution in [3.8, 4) is 0 Å². The van der Waals surface area contributed by atoms with E-state index in [1.54, 1.807) is 13.1 Å². The van der Waals surface area contributed by atoms with Crippen LogP contribution in [-0.2, 0) is 12.7 Å². The highest BCUT2D eigenvalue weighted by molar-refractivity contribution is 14.0. The first-order chi connectivity index (χ1) is 14.3. The van der Waals surface area contributed by atoms with Crippen LogP contribution in [0.1, 0.15) is 11.1 Å². The van der Waals surface area contributed by atoms with Gasteiger partial charge in [0.2, 0.25) is 0 Å². The summed E-state index contributed by atoms with van der Waals surface area (Å²) in [6.07, 6.45) is -4.30. The summed E-state index contributed by atoms with van der Waals surface area (Å²) in [7, 11) is 6.11. The van der Waals surface area contributed by atoms with Gasteiger partial charge in [-0.05, 0) is 25.7 Å². The third-order valence-electron chi connectivity index (χ3n) is 6.02. The molecule has 1 N–H and O–H groups in total. The Morgan fingerprint density at radius 1 is 1.10 bits per heavy atom. The molecule has 0 amide bonds. The summed E-state index contributed by atoms with van der Waals surface area (Å²) in [5.41, 5.74) is 0.117. The van der Waals surface area contributed by atoms with Crippen LogP contribution in [0.3, 0.4) is 0 Å². The molecule has 1 aromatic carbocycles. The first kappa shape index (κ1) is 26.1. The van der Waals surface area contributed by atoms with Crippen molar-refractivity contribution in [2.24, 2.45) is 4.99 Å². The lowest BCUT2D eigenvalue weighted by Crippen LogP contribution is -2.57. The number of rotatable bonds is 4. The van der Waals surface area contributed by atoms with Gasteiger partial charge in [0, 0.05) is 72.0 Å². The lowest BCUT2D eigenvalue weighted by atomic mass is 10.1. The van der Waals surface area contributed by atoms with E-state index in [-0.39, 0.29) is 24.0 Å². The maximum atomic E-state index is 12.9. The van der Waals surface area contributed by atoms with Crippen LogP contribution < -0.4 is 5.32 Å². The van der Waals surface area contributed by atoms with Crippen molar-refractivity contribution < 1.29 is 13.2 Å². The Morgan fingerprint density at radius 3 is 2.45 bits per heavy atom. The molecule has 1 aromatic rings. The average molecular weight is 554 g/mol. The molecule has 0 saturated carbocycles. The van der Waals surface area contributed by atoms with Crippen LogP contribution in [0.4, 0.5) is 13.2 Å². The summed E-state index contributed by atoms with van der Waals surface area (Å²) in [5.74, 6) is 0.898. The van der Waals surface area contributed by atoms with E-state index in [4.69, 9.17) is 0 Å². The van der Waals surface area contributed by atoms with Gasteiger partial charge in [-0.1, -0.05) is 18.2 Å². The maximum absolute atomic E-state index is 12.9. The zero-order valence-electron chi connectivity index (χ0n) is 18.5. The molecule has 176 valence electrons. The van der Waals surface area contributed by atoms with E-state index in [1.807, 2.05) is 0 Å². The van der Waals surface area contributed by atoms with Gasteiger partial charge in [0.25, 0.3) is 0 Å². The Kier molecular flexibility index (Phi) is 9.84. The van der Waals surface area contributed by atoms with E-state index >= 15 is 0 Å². The standard InChI is InChI=1S/C21H33F3N6.HI/c1-25-20(26-14-19-16-27(2)7-8-28(19)3)30-11-9-29(10-12-30)15-17-5-4-6-18(13-17)21(22,23)24;/h4-6,13,19H,7-12,14-16H2,1-3H3,(H,25,26);1H. The molecule has 2 fully saturated rings. The van der Waals surface area contributed by atoms with Gasteiger partial charge in [0.15, 0.2) is 5.96 Å². The van der Waals surface area contributed by atoms with E-state index in [9.17, 15) is 13.2 Å². The number of aliphatic imine (C=N–C) groups is 1. The number of nitrogens with zero attached hydrogens (tertiary/aromatic N) is 5. The smallest absolute Gasteiger partial charge is 0.355 e. The van der Waals surface area contributed by atoms with Crippen LogP contribution in [0.5, 0.6) is 0 Å². The van der Waals surface area contributed by atoms with Crippen molar-refractivity contribution in [2.45, 2.75) is 18.8 Å². The van der Waals surface area contributed by atoms with Crippen LogP contribution in [0, 0.1) is 0 Å². The fraction of sp³-hybridized carbons (Fsp3) is 0.667. The van der Waals surface area contributed by atoms with Gasteiger partial charge < -0.3 is 15.1 Å². The predicted molar refractivity (Wildman–Crippen MR) is 129 cm³/mol. The summed E-state index contributed by atoms with van der Waals surface area (Å²) in [5, 5.41) is 3.51. The molecule has 2 heterocycles. The molecular formula is C21H34F3IN6. The molecule has 0 aliphatic carbocycles. The summed E-state index contributed by atoms with van der Waals surface area (Å²) < 4.78 is 38.8. The van der Waals surface area contributed by atoms with Gasteiger partial charge in [-0.25, -0.2) is 0 Å². The quantitative estimate of drug-likeness (QED) is 0.352. The molecule has 0 bridgehead atoms. The van der Waals surface area contributed by atoms with Crippen LogP contribution in [0.2, 0.25) is 0 Å². The second-order valence-corrected chi connectivity index (χ2v) is 8.29. The zero-order chi connectivity index (χ0) is 21.7. The minimum absolute atomic E-state index is 0. The number of likely N-dealkylation sites (N-methyl/N-ethyl adjacent to an activating group) is 2. The maximum Gasteiger partial charge on any atom is 0.416 e. The second-order valence-electron chi connectivity index (χ2n) is 8.29. The third-order valence-corrected chi connectivity index (χ3v) is 6.02. The molecule has 0 spiro atoms. The number of guanidine groups is 1. The topological polar surface area (TPSA) is 37.4 Å². The van der Waals surface area contributed by atoms with E-state index in [2.05, 4.69) is 44.0 Å².